The first kappa shape index (κ1) is 19.9. The van der Waals surface area contributed by atoms with Crippen LogP contribution in [-0.2, 0) is 14.3 Å². The minimum Gasteiger partial charge on any atom is -0.481 e. The van der Waals surface area contributed by atoms with Gasteiger partial charge in [-0.2, -0.15) is 0 Å². The highest BCUT2D eigenvalue weighted by molar-refractivity contribution is 5.76. The molecule has 0 spiro atoms. The van der Waals surface area contributed by atoms with Gasteiger partial charge in [-0.25, -0.2) is 0 Å². The molecule has 0 aromatic carbocycles. The third kappa shape index (κ3) is 2.30. The molecule has 33 heavy (non-hydrogen) atoms. The van der Waals surface area contributed by atoms with E-state index in [9.17, 15) is 14.7 Å². The zero-order valence-corrected chi connectivity index (χ0v) is 20.1. The standard InChI is InChI=1S/C29H38O4/c1-29(2,3)33-28(32)27-14(10-20(30)31)13-7-19(27)26-18-9-17(23(13)26)24-15-8-16(25(18)24)22-12-5-4-11(6-12)21(15)22/h4-5,11-19,21-27H,6-10H2,1-3H3,(H,30,31). The van der Waals surface area contributed by atoms with E-state index in [1.165, 1.54) is 19.3 Å². The van der Waals surface area contributed by atoms with Crippen LogP contribution in [0.5, 0.6) is 0 Å². The number of carbonyl (C=O) groups is 2. The van der Waals surface area contributed by atoms with Gasteiger partial charge in [-0.3, -0.25) is 9.59 Å². The summed E-state index contributed by atoms with van der Waals surface area (Å²) in [6.07, 6.45) is 10.6. The lowest BCUT2D eigenvalue weighted by atomic mass is 9.53. The number of hydrogen-bond acceptors (Lipinski definition) is 3. The lowest BCUT2D eigenvalue weighted by Gasteiger charge is -2.51. The summed E-state index contributed by atoms with van der Waals surface area (Å²) in [5.41, 5.74) is -0.513. The maximum absolute atomic E-state index is 13.4. The van der Waals surface area contributed by atoms with Crippen molar-refractivity contribution in [1.29, 1.82) is 0 Å². The second-order valence-corrected chi connectivity index (χ2v) is 14.4. The molecule has 0 radical (unpaired) electrons. The molecule has 16 atom stereocenters. The minimum absolute atomic E-state index is 0.0156. The van der Waals surface area contributed by atoms with Gasteiger partial charge in [-0.15, -0.1) is 0 Å². The molecule has 178 valence electrons. The topological polar surface area (TPSA) is 63.6 Å². The molecular formula is C29H38O4. The van der Waals surface area contributed by atoms with Gasteiger partial charge in [-0.1, -0.05) is 12.2 Å². The molecule has 0 aromatic rings. The molecule has 7 saturated carbocycles. The largest absolute Gasteiger partial charge is 0.481 e. The fourth-order valence-corrected chi connectivity index (χ4v) is 12.8. The summed E-state index contributed by atoms with van der Waals surface area (Å²) in [6.45, 7) is 5.81. The summed E-state index contributed by atoms with van der Waals surface area (Å²) in [5, 5.41) is 9.75. The van der Waals surface area contributed by atoms with E-state index >= 15 is 0 Å². The van der Waals surface area contributed by atoms with E-state index in [1.54, 1.807) is 0 Å². The second kappa shape index (κ2) is 6.08. The number of aliphatic carboxylic acids is 1. The predicted molar refractivity (Wildman–Crippen MR) is 122 cm³/mol. The monoisotopic (exact) mass is 450 g/mol. The Balaban J connectivity index is 1.13. The van der Waals surface area contributed by atoms with Crippen LogP contribution in [0.25, 0.3) is 0 Å². The van der Waals surface area contributed by atoms with Crippen LogP contribution in [0, 0.1) is 94.7 Å². The number of esters is 1. The molecule has 0 aromatic heterocycles. The van der Waals surface area contributed by atoms with Gasteiger partial charge in [0.1, 0.15) is 5.60 Å². The number of carboxylic acid groups (broad SMARTS) is 1. The van der Waals surface area contributed by atoms with Gasteiger partial charge in [0, 0.05) is 6.42 Å². The Morgan fingerprint density at radius 3 is 1.79 bits per heavy atom. The number of hydrogen-bond donors (Lipinski definition) is 1. The molecule has 8 aliphatic carbocycles. The summed E-state index contributed by atoms with van der Waals surface area (Å²) >= 11 is 0. The van der Waals surface area contributed by atoms with Gasteiger partial charge in [0.15, 0.2) is 0 Å². The smallest absolute Gasteiger partial charge is 0.310 e. The fourth-order valence-electron chi connectivity index (χ4n) is 12.8. The van der Waals surface area contributed by atoms with E-state index in [0.717, 1.165) is 65.6 Å². The maximum atomic E-state index is 13.4. The van der Waals surface area contributed by atoms with Crippen LogP contribution < -0.4 is 0 Å². The average Bonchev–Trinajstić information content (AvgIpc) is 3.56. The Bertz CT molecular complexity index is 961. The summed E-state index contributed by atoms with van der Waals surface area (Å²) in [7, 11) is 0. The zero-order chi connectivity index (χ0) is 22.5. The molecule has 16 unspecified atom stereocenters. The highest BCUT2D eigenvalue weighted by Gasteiger charge is 2.77. The van der Waals surface area contributed by atoms with Crippen molar-refractivity contribution in [3.05, 3.63) is 12.2 Å². The van der Waals surface area contributed by atoms with Crippen LogP contribution in [0.3, 0.4) is 0 Å². The molecule has 0 heterocycles. The number of carboxylic acids is 1. The van der Waals surface area contributed by atoms with E-state index in [1.807, 2.05) is 20.8 Å². The Morgan fingerprint density at radius 2 is 1.24 bits per heavy atom. The summed E-state index contributed by atoms with van der Waals surface area (Å²) in [5.74, 6) is 10.1. The Hall–Kier alpha value is -1.32. The number of rotatable bonds is 3. The van der Waals surface area contributed by atoms with Crippen molar-refractivity contribution in [2.24, 2.45) is 94.7 Å². The van der Waals surface area contributed by atoms with Crippen molar-refractivity contribution in [3.8, 4) is 0 Å². The molecule has 1 N–H and O–H groups in total. The van der Waals surface area contributed by atoms with Gasteiger partial charge in [0.05, 0.1) is 5.92 Å². The second-order valence-electron chi connectivity index (χ2n) is 14.4. The molecule has 0 amide bonds. The normalized spacial score (nSPS) is 59.8. The molecule has 4 heteroatoms. The Morgan fingerprint density at radius 1 is 0.758 bits per heavy atom. The van der Waals surface area contributed by atoms with E-state index in [2.05, 4.69) is 12.2 Å². The van der Waals surface area contributed by atoms with Gasteiger partial charge < -0.3 is 9.84 Å². The Labute approximate surface area is 196 Å². The first-order valence-corrected chi connectivity index (χ1v) is 13.9. The number of allylic oxidation sites excluding steroid dienone is 2. The summed E-state index contributed by atoms with van der Waals surface area (Å²) < 4.78 is 5.90. The van der Waals surface area contributed by atoms with E-state index in [4.69, 9.17) is 4.74 Å². The van der Waals surface area contributed by atoms with Crippen molar-refractivity contribution in [1.82, 2.24) is 0 Å². The van der Waals surface area contributed by atoms with Gasteiger partial charge in [0.2, 0.25) is 0 Å². The van der Waals surface area contributed by atoms with Crippen LogP contribution in [0.2, 0.25) is 0 Å². The molecule has 4 nitrogen and oxygen atoms in total. The van der Waals surface area contributed by atoms with Crippen LogP contribution in [0.15, 0.2) is 12.2 Å². The van der Waals surface area contributed by atoms with Gasteiger partial charge in [-0.05, 0) is 135 Å². The lowest BCUT2D eigenvalue weighted by molar-refractivity contribution is -0.168. The third-order valence-electron chi connectivity index (χ3n) is 12.6. The molecular weight excluding hydrogens is 412 g/mol. The molecule has 8 rings (SSSR count). The van der Waals surface area contributed by atoms with Crippen LogP contribution in [-0.4, -0.2) is 22.6 Å². The average molecular weight is 451 g/mol. The maximum Gasteiger partial charge on any atom is 0.310 e. The molecule has 8 bridgehead atoms. The fraction of sp³-hybridized carbons (Fsp3) is 0.862. The first-order valence-electron chi connectivity index (χ1n) is 13.9. The van der Waals surface area contributed by atoms with Crippen LogP contribution in [0.1, 0.15) is 52.9 Å². The lowest BCUT2D eigenvalue weighted by Crippen LogP contribution is -2.50. The first-order chi connectivity index (χ1) is 15.7. The van der Waals surface area contributed by atoms with Crippen molar-refractivity contribution in [3.63, 3.8) is 0 Å². The van der Waals surface area contributed by atoms with Crippen molar-refractivity contribution >= 4 is 11.9 Å². The number of carbonyl (C=O) groups excluding carboxylic acids is 1. The van der Waals surface area contributed by atoms with Crippen LogP contribution >= 0.6 is 0 Å². The van der Waals surface area contributed by atoms with Crippen molar-refractivity contribution < 1.29 is 19.4 Å². The third-order valence-corrected chi connectivity index (χ3v) is 12.6. The van der Waals surface area contributed by atoms with Crippen molar-refractivity contribution in [2.75, 3.05) is 0 Å². The number of fused-ring (bicyclic) bond motifs is 23. The quantitative estimate of drug-likeness (QED) is 0.378. The zero-order valence-electron chi connectivity index (χ0n) is 20.1. The molecule has 8 aliphatic rings. The SMILES string of the molecule is CC(C)(C)OC(=O)C1C(CC(=O)O)C2CC1C1C3CC(C21)C1C2CC(C4C5C=CC(C5)C24)C31. The van der Waals surface area contributed by atoms with E-state index < -0.39 is 11.6 Å². The highest BCUT2D eigenvalue weighted by Crippen LogP contribution is 2.81. The molecule has 7 fully saturated rings. The van der Waals surface area contributed by atoms with Gasteiger partial charge >= 0.3 is 11.9 Å². The van der Waals surface area contributed by atoms with E-state index in [0.29, 0.717) is 23.7 Å². The van der Waals surface area contributed by atoms with E-state index in [-0.39, 0.29) is 24.2 Å². The predicted octanol–water partition coefficient (Wildman–Crippen LogP) is 4.89. The Kier molecular flexibility index (Phi) is 3.67. The summed E-state index contributed by atoms with van der Waals surface area (Å²) in [4.78, 5) is 25.3. The van der Waals surface area contributed by atoms with Crippen LogP contribution in [0.4, 0.5) is 0 Å². The highest BCUT2D eigenvalue weighted by atomic mass is 16.6. The number of ether oxygens (including phenoxy) is 1. The minimum atomic E-state index is -0.741. The summed E-state index contributed by atoms with van der Waals surface area (Å²) in [6, 6.07) is 0. The van der Waals surface area contributed by atoms with Crippen molar-refractivity contribution in [2.45, 2.75) is 58.5 Å². The molecule has 0 saturated heterocycles. The molecule has 0 aliphatic heterocycles. The van der Waals surface area contributed by atoms with Gasteiger partial charge in [0.25, 0.3) is 0 Å².